The molecule has 0 radical (unpaired) electrons. The largest absolute Gasteiger partial charge is 0.481 e. The summed E-state index contributed by atoms with van der Waals surface area (Å²) in [5.74, 6) is -1.08. The molecule has 0 saturated heterocycles. The van der Waals surface area contributed by atoms with Crippen LogP contribution in [0.25, 0.3) is 0 Å². The van der Waals surface area contributed by atoms with E-state index in [1.165, 1.54) is 22.3 Å². The molecule has 0 bridgehead atoms. The zero-order valence-electron chi connectivity index (χ0n) is 11.9. The molecule has 1 rings (SSSR count). The average molecular weight is 249 g/mol. The van der Waals surface area contributed by atoms with E-state index in [0.717, 1.165) is 0 Å². The third kappa shape index (κ3) is 3.33. The highest BCUT2D eigenvalue weighted by molar-refractivity contribution is 5.69. The summed E-state index contributed by atoms with van der Waals surface area (Å²) in [6, 6.07) is 4.40. The Kier molecular flexibility index (Phi) is 4.91. The van der Waals surface area contributed by atoms with Crippen LogP contribution in [0.15, 0.2) is 12.1 Å². The summed E-state index contributed by atoms with van der Waals surface area (Å²) in [4.78, 5) is 11.0. The van der Waals surface area contributed by atoms with Crippen molar-refractivity contribution in [3.05, 3.63) is 34.4 Å². The van der Waals surface area contributed by atoms with Gasteiger partial charge in [0.1, 0.15) is 0 Å². The molecule has 2 atom stereocenters. The van der Waals surface area contributed by atoms with E-state index in [-0.39, 0.29) is 12.0 Å². The Morgan fingerprint density at radius 1 is 1.28 bits per heavy atom. The molecule has 18 heavy (non-hydrogen) atoms. The zero-order chi connectivity index (χ0) is 13.9. The second-order valence-electron chi connectivity index (χ2n) is 5.13. The highest BCUT2D eigenvalue weighted by Gasteiger charge is 2.21. The monoisotopic (exact) mass is 249 g/mol. The molecule has 0 aliphatic rings. The maximum absolute atomic E-state index is 11.0. The van der Waals surface area contributed by atoms with Crippen molar-refractivity contribution in [1.82, 2.24) is 5.32 Å². The minimum absolute atomic E-state index is 0.0942. The first kappa shape index (κ1) is 14.7. The molecule has 0 saturated carbocycles. The van der Waals surface area contributed by atoms with Gasteiger partial charge in [-0.25, -0.2) is 0 Å². The van der Waals surface area contributed by atoms with Gasteiger partial charge in [0, 0.05) is 6.04 Å². The Hall–Kier alpha value is -1.35. The maximum Gasteiger partial charge on any atom is 0.306 e. The smallest absolute Gasteiger partial charge is 0.306 e. The van der Waals surface area contributed by atoms with Gasteiger partial charge < -0.3 is 10.4 Å². The van der Waals surface area contributed by atoms with Gasteiger partial charge >= 0.3 is 5.97 Å². The Morgan fingerprint density at radius 3 is 2.17 bits per heavy atom. The first-order valence-corrected chi connectivity index (χ1v) is 6.34. The van der Waals surface area contributed by atoms with Crippen molar-refractivity contribution in [2.45, 2.75) is 40.2 Å². The van der Waals surface area contributed by atoms with Crippen LogP contribution in [0.4, 0.5) is 0 Å². The summed E-state index contributed by atoms with van der Waals surface area (Å²) in [6.45, 7) is 8.01. The molecule has 3 heteroatoms. The zero-order valence-corrected chi connectivity index (χ0v) is 11.9. The lowest BCUT2D eigenvalue weighted by molar-refractivity contribution is -0.141. The molecule has 0 fully saturated rings. The van der Waals surface area contributed by atoms with E-state index < -0.39 is 5.97 Å². The SMILES string of the molecule is CNC(CC(C)C(=O)O)c1c(C)cc(C)cc1C. The van der Waals surface area contributed by atoms with Gasteiger partial charge in [-0.1, -0.05) is 24.6 Å². The van der Waals surface area contributed by atoms with Crippen molar-refractivity contribution in [3.8, 4) is 0 Å². The van der Waals surface area contributed by atoms with E-state index in [1.54, 1.807) is 6.92 Å². The van der Waals surface area contributed by atoms with Crippen LogP contribution in [0.3, 0.4) is 0 Å². The molecular weight excluding hydrogens is 226 g/mol. The number of carbonyl (C=O) groups is 1. The van der Waals surface area contributed by atoms with Crippen molar-refractivity contribution < 1.29 is 9.90 Å². The Bertz CT molecular complexity index is 417. The van der Waals surface area contributed by atoms with Crippen molar-refractivity contribution in [2.24, 2.45) is 5.92 Å². The number of hydrogen-bond acceptors (Lipinski definition) is 2. The fourth-order valence-electron chi connectivity index (χ4n) is 2.58. The lowest BCUT2D eigenvalue weighted by Gasteiger charge is -2.23. The number of carboxylic acids is 1. The molecule has 0 amide bonds. The van der Waals surface area contributed by atoms with E-state index in [4.69, 9.17) is 5.11 Å². The van der Waals surface area contributed by atoms with Gasteiger partial charge in [-0.3, -0.25) is 4.79 Å². The van der Waals surface area contributed by atoms with Crippen LogP contribution in [-0.4, -0.2) is 18.1 Å². The van der Waals surface area contributed by atoms with Crippen LogP contribution < -0.4 is 5.32 Å². The summed E-state index contributed by atoms with van der Waals surface area (Å²) in [6.07, 6.45) is 0.608. The van der Waals surface area contributed by atoms with Crippen molar-refractivity contribution in [2.75, 3.05) is 7.05 Å². The van der Waals surface area contributed by atoms with Crippen LogP contribution in [0.2, 0.25) is 0 Å². The van der Waals surface area contributed by atoms with E-state index >= 15 is 0 Å². The lowest BCUT2D eigenvalue weighted by atomic mass is 9.89. The molecule has 0 aliphatic heterocycles. The topological polar surface area (TPSA) is 49.3 Å². The van der Waals surface area contributed by atoms with Crippen molar-refractivity contribution in [1.29, 1.82) is 0 Å². The van der Waals surface area contributed by atoms with Gasteiger partial charge in [0.2, 0.25) is 0 Å². The predicted molar refractivity (Wildman–Crippen MR) is 73.9 cm³/mol. The maximum atomic E-state index is 11.0. The fraction of sp³-hybridized carbons (Fsp3) is 0.533. The lowest BCUT2D eigenvalue weighted by Crippen LogP contribution is -2.24. The normalized spacial score (nSPS) is 14.3. The summed E-state index contributed by atoms with van der Waals surface area (Å²) in [5, 5.41) is 12.3. The van der Waals surface area contributed by atoms with Crippen molar-refractivity contribution in [3.63, 3.8) is 0 Å². The molecule has 0 aromatic heterocycles. The number of hydrogen-bond donors (Lipinski definition) is 2. The Balaban J connectivity index is 3.06. The third-order valence-electron chi connectivity index (χ3n) is 3.45. The molecule has 1 aromatic rings. The van der Waals surface area contributed by atoms with Crippen LogP contribution in [0, 0.1) is 26.7 Å². The highest BCUT2D eigenvalue weighted by Crippen LogP contribution is 2.28. The predicted octanol–water partition coefficient (Wildman–Crippen LogP) is 2.98. The number of benzene rings is 1. The summed E-state index contributed by atoms with van der Waals surface area (Å²) in [5.41, 5.74) is 4.93. The van der Waals surface area contributed by atoms with E-state index in [9.17, 15) is 4.79 Å². The fourth-order valence-corrected chi connectivity index (χ4v) is 2.58. The Labute approximate surface area is 109 Å². The molecule has 2 unspecified atom stereocenters. The number of carboxylic acid groups (broad SMARTS) is 1. The molecule has 2 N–H and O–H groups in total. The summed E-state index contributed by atoms with van der Waals surface area (Å²) >= 11 is 0. The second kappa shape index (κ2) is 6.01. The molecule has 0 spiro atoms. The van der Waals surface area contributed by atoms with Crippen LogP contribution in [0.5, 0.6) is 0 Å². The van der Waals surface area contributed by atoms with Crippen LogP contribution in [0.1, 0.15) is 41.6 Å². The van der Waals surface area contributed by atoms with E-state index in [1.807, 2.05) is 7.05 Å². The first-order valence-electron chi connectivity index (χ1n) is 6.34. The van der Waals surface area contributed by atoms with Gasteiger partial charge in [-0.05, 0) is 50.9 Å². The quantitative estimate of drug-likeness (QED) is 0.843. The molecule has 100 valence electrons. The number of aryl methyl sites for hydroxylation is 3. The second-order valence-corrected chi connectivity index (χ2v) is 5.13. The van der Waals surface area contributed by atoms with Gasteiger partial charge in [-0.2, -0.15) is 0 Å². The van der Waals surface area contributed by atoms with Crippen molar-refractivity contribution >= 4 is 5.97 Å². The van der Waals surface area contributed by atoms with E-state index in [2.05, 4.69) is 38.2 Å². The van der Waals surface area contributed by atoms with Gasteiger partial charge in [0.05, 0.1) is 5.92 Å². The molecule has 0 aliphatic carbocycles. The summed E-state index contributed by atoms with van der Waals surface area (Å²) < 4.78 is 0. The van der Waals surface area contributed by atoms with Gasteiger partial charge in [0.25, 0.3) is 0 Å². The average Bonchev–Trinajstić information content (AvgIpc) is 2.25. The van der Waals surface area contributed by atoms with Crippen LogP contribution in [-0.2, 0) is 4.79 Å². The third-order valence-corrected chi connectivity index (χ3v) is 3.45. The van der Waals surface area contributed by atoms with Gasteiger partial charge in [-0.15, -0.1) is 0 Å². The molecule has 0 heterocycles. The number of rotatable bonds is 5. The van der Waals surface area contributed by atoms with E-state index in [0.29, 0.717) is 6.42 Å². The van der Waals surface area contributed by atoms with Crippen LogP contribution >= 0.6 is 0 Å². The first-order chi connectivity index (χ1) is 8.36. The minimum atomic E-state index is -0.738. The number of nitrogens with one attached hydrogen (secondary N) is 1. The molecule has 3 nitrogen and oxygen atoms in total. The van der Waals surface area contributed by atoms with Gasteiger partial charge in [0.15, 0.2) is 0 Å². The molecule has 1 aromatic carbocycles. The summed E-state index contributed by atoms with van der Waals surface area (Å²) in [7, 11) is 1.89. The minimum Gasteiger partial charge on any atom is -0.481 e. The Morgan fingerprint density at radius 2 is 1.78 bits per heavy atom. The molecular formula is C15H23NO2. The highest BCUT2D eigenvalue weighted by atomic mass is 16.4. The number of aliphatic carboxylic acids is 1. The standard InChI is InChI=1S/C15H23NO2/c1-9-6-10(2)14(11(3)7-9)13(16-5)8-12(4)15(17)18/h6-7,12-13,16H,8H2,1-5H3,(H,17,18).